The minimum absolute atomic E-state index is 0.0347. The van der Waals surface area contributed by atoms with Gasteiger partial charge >= 0.3 is 0 Å². The molecule has 0 rings (SSSR count). The van der Waals surface area contributed by atoms with Gasteiger partial charge in [0.05, 0.1) is 11.0 Å². The molecule has 0 radical (unpaired) electrons. The number of carbonyl (C=O) groups is 1. The Morgan fingerprint density at radius 1 is 1.44 bits per heavy atom. The molecular weight excluding hydrogens is 222 g/mol. The monoisotopic (exact) mass is 245 g/mol. The Morgan fingerprint density at radius 2 is 2.00 bits per heavy atom. The zero-order chi connectivity index (χ0) is 12.7. The first-order chi connectivity index (χ1) is 7.42. The fourth-order valence-electron chi connectivity index (χ4n) is 1.35. The minimum Gasteiger partial charge on any atom is -0.392 e. The van der Waals surface area contributed by atoms with E-state index in [1.165, 1.54) is 0 Å². The Labute approximate surface area is 104 Å². The van der Waals surface area contributed by atoms with Crippen molar-refractivity contribution in [3.8, 4) is 0 Å². The van der Waals surface area contributed by atoms with Crippen LogP contribution in [0.15, 0.2) is 0 Å². The summed E-state index contributed by atoms with van der Waals surface area (Å²) in [6.07, 6.45) is 0.930. The lowest BCUT2D eigenvalue weighted by atomic mass is 10.2. The van der Waals surface area contributed by atoms with E-state index in [-0.39, 0.29) is 18.0 Å². The molecule has 5 heteroatoms. The lowest BCUT2D eigenvalue weighted by Gasteiger charge is -2.27. The van der Waals surface area contributed by atoms with Crippen LogP contribution in [0.25, 0.3) is 0 Å². The molecule has 1 amide bonds. The van der Waals surface area contributed by atoms with Crippen LogP contribution in [0.5, 0.6) is 0 Å². The fourth-order valence-corrected chi connectivity index (χ4v) is 1.52. The van der Waals surface area contributed by atoms with Crippen molar-refractivity contribution in [2.45, 2.75) is 46.2 Å². The number of nitrogens with one attached hydrogen (secondary N) is 1. The first-order valence-corrected chi connectivity index (χ1v) is 6.15. The highest BCUT2D eigenvalue weighted by Crippen LogP contribution is 2.00. The Kier molecular flexibility index (Phi) is 7.25. The molecule has 0 aromatic heterocycles. The average Bonchev–Trinajstić information content (AvgIpc) is 2.24. The number of hydrogen-bond donors (Lipinski definition) is 2. The summed E-state index contributed by atoms with van der Waals surface area (Å²) in [5, 5.41) is 2.95. The molecular formula is C11H23N3OS. The van der Waals surface area contributed by atoms with Crippen LogP contribution >= 0.6 is 12.2 Å². The number of hydrogen-bond acceptors (Lipinski definition) is 3. The maximum atomic E-state index is 11.9. The van der Waals surface area contributed by atoms with Gasteiger partial charge < -0.3 is 11.1 Å². The molecule has 94 valence electrons. The van der Waals surface area contributed by atoms with E-state index in [0.29, 0.717) is 11.5 Å². The van der Waals surface area contributed by atoms with Crippen LogP contribution in [0.2, 0.25) is 0 Å². The highest BCUT2D eigenvalue weighted by Gasteiger charge is 2.21. The van der Waals surface area contributed by atoms with Crippen LogP contribution in [-0.2, 0) is 4.79 Å². The molecule has 0 saturated heterocycles. The first-order valence-electron chi connectivity index (χ1n) is 5.75. The minimum atomic E-state index is -0.194. The summed E-state index contributed by atoms with van der Waals surface area (Å²) in [6.45, 7) is 9.15. The van der Waals surface area contributed by atoms with Crippen LogP contribution in [-0.4, -0.2) is 41.0 Å². The van der Waals surface area contributed by atoms with Gasteiger partial charge in [-0.15, -0.1) is 0 Å². The number of nitrogens with zero attached hydrogens (tertiary/aromatic N) is 1. The van der Waals surface area contributed by atoms with Gasteiger partial charge in [0.2, 0.25) is 5.91 Å². The lowest BCUT2D eigenvalue weighted by Crippen LogP contribution is -2.49. The second-order valence-corrected chi connectivity index (χ2v) is 4.55. The van der Waals surface area contributed by atoms with E-state index in [1.54, 1.807) is 0 Å². The van der Waals surface area contributed by atoms with Gasteiger partial charge in [0, 0.05) is 12.6 Å². The van der Waals surface area contributed by atoms with Crippen LogP contribution in [0, 0.1) is 0 Å². The van der Waals surface area contributed by atoms with Gasteiger partial charge in [-0.2, -0.15) is 0 Å². The summed E-state index contributed by atoms with van der Waals surface area (Å²) >= 11 is 4.86. The number of thiocarbonyl (C=S) groups is 1. The van der Waals surface area contributed by atoms with Gasteiger partial charge in [-0.25, -0.2) is 0 Å². The molecule has 0 spiro atoms. The van der Waals surface area contributed by atoms with E-state index >= 15 is 0 Å². The topological polar surface area (TPSA) is 58.4 Å². The van der Waals surface area contributed by atoms with Gasteiger partial charge in [-0.05, 0) is 26.8 Å². The Balaban J connectivity index is 4.32. The predicted molar refractivity (Wildman–Crippen MR) is 71.4 cm³/mol. The quantitative estimate of drug-likeness (QED) is 0.654. The molecule has 0 fully saturated rings. The largest absolute Gasteiger partial charge is 0.392 e. The normalized spacial score (nSPS) is 14.6. The summed E-state index contributed by atoms with van der Waals surface area (Å²) in [7, 11) is 0. The molecule has 0 aliphatic heterocycles. The summed E-state index contributed by atoms with van der Waals surface area (Å²) in [6, 6.07) is 0.0129. The zero-order valence-electron chi connectivity index (χ0n) is 10.6. The maximum absolute atomic E-state index is 11.9. The molecule has 3 N–H and O–H groups in total. The third-order valence-corrected chi connectivity index (χ3v) is 2.82. The van der Waals surface area contributed by atoms with Crippen molar-refractivity contribution in [1.29, 1.82) is 0 Å². The zero-order valence-corrected chi connectivity index (χ0v) is 11.4. The van der Waals surface area contributed by atoms with Gasteiger partial charge in [0.1, 0.15) is 0 Å². The van der Waals surface area contributed by atoms with Crippen LogP contribution in [0.1, 0.15) is 34.1 Å². The van der Waals surface area contributed by atoms with Crippen molar-refractivity contribution in [3.05, 3.63) is 0 Å². The van der Waals surface area contributed by atoms with E-state index in [2.05, 4.69) is 5.32 Å². The highest BCUT2D eigenvalue weighted by atomic mass is 32.1. The van der Waals surface area contributed by atoms with Gasteiger partial charge in [-0.1, -0.05) is 26.1 Å². The van der Waals surface area contributed by atoms with Crippen LogP contribution in [0.3, 0.4) is 0 Å². The Hall–Kier alpha value is -0.680. The maximum Gasteiger partial charge on any atom is 0.237 e. The van der Waals surface area contributed by atoms with E-state index in [9.17, 15) is 4.79 Å². The van der Waals surface area contributed by atoms with Crippen molar-refractivity contribution < 1.29 is 4.79 Å². The fraction of sp³-hybridized carbons (Fsp3) is 0.818. The standard InChI is InChI=1S/C11H23N3OS/c1-5-8(3)13-11(15)9(4)14(6-2)7-10(12)16/h8-9H,5-7H2,1-4H3,(H2,12,16)(H,13,15). The molecule has 2 unspecified atom stereocenters. The predicted octanol–water partition coefficient (Wildman–Crippen LogP) is 0.898. The van der Waals surface area contributed by atoms with Crippen molar-refractivity contribution in [2.75, 3.05) is 13.1 Å². The summed E-state index contributed by atoms with van der Waals surface area (Å²) in [5.41, 5.74) is 5.49. The van der Waals surface area contributed by atoms with E-state index in [4.69, 9.17) is 18.0 Å². The number of likely N-dealkylation sites (N-methyl/N-ethyl adjacent to an activating group) is 1. The van der Waals surface area contributed by atoms with E-state index in [0.717, 1.165) is 13.0 Å². The molecule has 0 aromatic carbocycles. The molecule has 0 aliphatic rings. The first kappa shape index (κ1) is 15.3. The number of rotatable bonds is 7. The number of nitrogens with two attached hydrogens (primary N) is 1. The van der Waals surface area contributed by atoms with Crippen molar-refractivity contribution in [2.24, 2.45) is 5.73 Å². The molecule has 0 bridgehead atoms. The molecule has 0 saturated carbocycles. The number of amides is 1. The molecule has 16 heavy (non-hydrogen) atoms. The molecule has 0 aromatic rings. The van der Waals surface area contributed by atoms with E-state index < -0.39 is 0 Å². The second kappa shape index (κ2) is 7.57. The second-order valence-electron chi connectivity index (χ2n) is 4.02. The van der Waals surface area contributed by atoms with Crippen LogP contribution in [0.4, 0.5) is 0 Å². The third-order valence-electron chi connectivity index (χ3n) is 2.69. The van der Waals surface area contributed by atoms with E-state index in [1.807, 2.05) is 32.6 Å². The molecule has 0 aliphatic carbocycles. The van der Waals surface area contributed by atoms with Gasteiger partial charge in [0.15, 0.2) is 0 Å². The Morgan fingerprint density at radius 3 is 2.38 bits per heavy atom. The van der Waals surface area contributed by atoms with Gasteiger partial charge in [-0.3, -0.25) is 9.69 Å². The highest BCUT2D eigenvalue weighted by molar-refractivity contribution is 7.80. The smallest absolute Gasteiger partial charge is 0.237 e. The van der Waals surface area contributed by atoms with Crippen molar-refractivity contribution in [1.82, 2.24) is 10.2 Å². The van der Waals surface area contributed by atoms with Crippen molar-refractivity contribution in [3.63, 3.8) is 0 Å². The summed E-state index contributed by atoms with van der Waals surface area (Å²) < 4.78 is 0. The molecule has 0 heterocycles. The number of carbonyl (C=O) groups excluding carboxylic acids is 1. The van der Waals surface area contributed by atoms with Gasteiger partial charge in [0.25, 0.3) is 0 Å². The average molecular weight is 245 g/mol. The third kappa shape index (κ3) is 5.42. The van der Waals surface area contributed by atoms with Crippen molar-refractivity contribution >= 4 is 23.1 Å². The molecule has 2 atom stereocenters. The lowest BCUT2D eigenvalue weighted by molar-refractivity contribution is -0.126. The SMILES string of the molecule is CCC(C)NC(=O)C(C)N(CC)CC(N)=S. The van der Waals surface area contributed by atoms with Crippen LogP contribution < -0.4 is 11.1 Å². The Bertz CT molecular complexity index is 245. The molecule has 4 nitrogen and oxygen atoms in total. The summed E-state index contributed by atoms with van der Waals surface area (Å²) in [4.78, 5) is 14.2. The summed E-state index contributed by atoms with van der Waals surface area (Å²) in [5.74, 6) is 0.0347.